The minimum atomic E-state index is 0.266. The number of azo groups is 1. The molecular weight excluding hydrogens is 104 g/mol. The summed E-state index contributed by atoms with van der Waals surface area (Å²) < 4.78 is 0. The lowest BCUT2D eigenvalue weighted by Crippen LogP contribution is -2.36. The topological polar surface area (TPSA) is 62.7 Å². The van der Waals surface area contributed by atoms with Crippen LogP contribution in [0.25, 0.3) is 0 Å². The number of rotatable bonds is 1. The lowest BCUT2D eigenvalue weighted by Gasteiger charge is -1.70. The van der Waals surface area contributed by atoms with Crippen LogP contribution in [0.3, 0.4) is 0 Å². The SMILES string of the molecule is CCC1=NC(=[NH2+])N=N1. The number of amidine groups is 1. The van der Waals surface area contributed by atoms with Gasteiger partial charge < -0.3 is 0 Å². The van der Waals surface area contributed by atoms with Crippen molar-refractivity contribution in [1.82, 2.24) is 0 Å². The number of nitrogens with two attached hydrogens (primary N) is 1. The summed E-state index contributed by atoms with van der Waals surface area (Å²) in [7, 11) is 0. The van der Waals surface area contributed by atoms with Crippen LogP contribution in [0, 0.1) is 0 Å². The molecule has 1 aliphatic rings. The molecule has 0 aromatic heterocycles. The zero-order valence-electron chi connectivity index (χ0n) is 4.63. The Morgan fingerprint density at radius 1 is 1.50 bits per heavy atom. The summed E-state index contributed by atoms with van der Waals surface area (Å²) in [5.74, 6) is 0.976. The molecule has 0 bridgehead atoms. The molecule has 0 unspecified atom stereocenters. The second-order valence-electron chi connectivity index (χ2n) is 1.44. The Morgan fingerprint density at radius 3 is 2.50 bits per heavy atom. The van der Waals surface area contributed by atoms with Crippen molar-refractivity contribution in [2.75, 3.05) is 0 Å². The second kappa shape index (κ2) is 1.81. The van der Waals surface area contributed by atoms with Gasteiger partial charge in [0.05, 0.1) is 5.11 Å². The number of guanidine groups is 1. The molecule has 0 aliphatic carbocycles. The Labute approximate surface area is 46.9 Å². The molecule has 8 heavy (non-hydrogen) atoms. The smallest absolute Gasteiger partial charge is 0.283 e. The average Bonchev–Trinajstić information content (AvgIpc) is 2.14. The normalized spacial score (nSPS) is 17.1. The summed E-state index contributed by atoms with van der Waals surface area (Å²) in [6.45, 7) is 1.95. The molecule has 0 saturated heterocycles. The molecule has 0 radical (unpaired) electrons. The van der Waals surface area contributed by atoms with E-state index in [1.807, 2.05) is 6.92 Å². The molecule has 0 aromatic rings. The van der Waals surface area contributed by atoms with Gasteiger partial charge >= 0.3 is 5.96 Å². The molecular formula is C4H7N4+. The summed E-state index contributed by atoms with van der Waals surface area (Å²) in [4.78, 5) is 3.78. The van der Waals surface area contributed by atoms with Crippen LogP contribution >= 0.6 is 0 Å². The third-order valence-electron chi connectivity index (χ3n) is 0.828. The van der Waals surface area contributed by atoms with Gasteiger partial charge in [0.25, 0.3) is 0 Å². The monoisotopic (exact) mass is 111 g/mol. The van der Waals surface area contributed by atoms with E-state index in [2.05, 4.69) is 15.2 Å². The first-order valence-corrected chi connectivity index (χ1v) is 2.44. The third-order valence-corrected chi connectivity index (χ3v) is 0.828. The molecule has 42 valence electrons. The van der Waals surface area contributed by atoms with Gasteiger partial charge in [-0.2, -0.15) is 0 Å². The summed E-state index contributed by atoms with van der Waals surface area (Å²) in [6.07, 6.45) is 0.796. The third kappa shape index (κ3) is 0.776. The van der Waals surface area contributed by atoms with E-state index in [0.717, 1.165) is 6.42 Å². The quantitative estimate of drug-likeness (QED) is 0.468. The van der Waals surface area contributed by atoms with Crippen molar-refractivity contribution < 1.29 is 5.41 Å². The van der Waals surface area contributed by atoms with E-state index in [1.54, 1.807) is 0 Å². The first-order valence-electron chi connectivity index (χ1n) is 2.44. The van der Waals surface area contributed by atoms with E-state index in [9.17, 15) is 0 Å². The Balaban J connectivity index is 2.72. The molecule has 4 nitrogen and oxygen atoms in total. The van der Waals surface area contributed by atoms with E-state index >= 15 is 0 Å². The lowest BCUT2D eigenvalue weighted by molar-refractivity contribution is -0.116. The Morgan fingerprint density at radius 2 is 2.25 bits per heavy atom. The fourth-order valence-corrected chi connectivity index (χ4v) is 0.436. The Kier molecular flexibility index (Phi) is 1.15. The van der Waals surface area contributed by atoms with Crippen LogP contribution in [0.15, 0.2) is 15.2 Å². The van der Waals surface area contributed by atoms with Gasteiger partial charge in [0.2, 0.25) is 5.84 Å². The van der Waals surface area contributed by atoms with E-state index in [4.69, 9.17) is 5.41 Å². The molecule has 1 rings (SSSR count). The van der Waals surface area contributed by atoms with E-state index in [0.29, 0.717) is 5.84 Å². The van der Waals surface area contributed by atoms with Crippen LogP contribution < -0.4 is 5.41 Å². The Bertz CT molecular complexity index is 167. The number of nitrogens with zero attached hydrogens (tertiary/aromatic N) is 3. The van der Waals surface area contributed by atoms with Crippen LogP contribution in [-0.2, 0) is 0 Å². The highest BCUT2D eigenvalue weighted by molar-refractivity contribution is 5.98. The minimum absolute atomic E-state index is 0.266. The first-order chi connectivity index (χ1) is 3.83. The highest BCUT2D eigenvalue weighted by Crippen LogP contribution is 1.96. The highest BCUT2D eigenvalue weighted by Gasteiger charge is 2.13. The van der Waals surface area contributed by atoms with Crippen LogP contribution in [0.4, 0.5) is 0 Å². The van der Waals surface area contributed by atoms with Crippen LogP contribution in [0.5, 0.6) is 0 Å². The molecule has 1 aliphatic heterocycles. The molecule has 0 saturated carbocycles. The van der Waals surface area contributed by atoms with Crippen molar-refractivity contribution in [2.24, 2.45) is 15.2 Å². The van der Waals surface area contributed by atoms with Gasteiger partial charge in [0, 0.05) is 6.42 Å². The predicted octanol–water partition coefficient (Wildman–Crippen LogP) is -0.624. The first kappa shape index (κ1) is 5.08. The molecule has 4 heteroatoms. The molecule has 1 heterocycles. The van der Waals surface area contributed by atoms with Crippen LogP contribution in [-0.4, -0.2) is 11.8 Å². The summed E-state index contributed by atoms with van der Waals surface area (Å²) in [6, 6.07) is 0. The van der Waals surface area contributed by atoms with Crippen molar-refractivity contribution in [2.45, 2.75) is 13.3 Å². The summed E-state index contributed by atoms with van der Waals surface area (Å²) in [5, 5.41) is 12.3. The molecule has 0 aromatic carbocycles. The van der Waals surface area contributed by atoms with Gasteiger partial charge in [0.15, 0.2) is 0 Å². The number of hydrogen-bond acceptors (Lipinski definition) is 1. The van der Waals surface area contributed by atoms with Crippen LogP contribution in [0.2, 0.25) is 0 Å². The molecule has 2 N–H and O–H groups in total. The van der Waals surface area contributed by atoms with Crippen molar-refractivity contribution >= 4 is 11.8 Å². The van der Waals surface area contributed by atoms with Gasteiger partial charge in [-0.3, -0.25) is 5.41 Å². The van der Waals surface area contributed by atoms with E-state index in [1.165, 1.54) is 0 Å². The summed E-state index contributed by atoms with van der Waals surface area (Å²) >= 11 is 0. The maximum atomic E-state index is 5.17. The van der Waals surface area contributed by atoms with Gasteiger partial charge in [-0.1, -0.05) is 6.92 Å². The largest absolute Gasteiger partial charge is 0.448 e. The molecule has 0 amide bonds. The number of aliphatic imine (C=N–C) groups is 1. The fourth-order valence-electron chi connectivity index (χ4n) is 0.436. The average molecular weight is 111 g/mol. The van der Waals surface area contributed by atoms with Crippen LogP contribution in [0.1, 0.15) is 13.3 Å². The molecule has 0 fully saturated rings. The van der Waals surface area contributed by atoms with E-state index < -0.39 is 0 Å². The fraction of sp³-hybridized carbons (Fsp3) is 0.500. The van der Waals surface area contributed by atoms with Crippen molar-refractivity contribution in [1.29, 1.82) is 0 Å². The van der Waals surface area contributed by atoms with Gasteiger partial charge in [-0.15, -0.1) is 0 Å². The standard InChI is InChI=1S/C4H6N4/c1-2-3-6-4(5)8-7-3/h5H,2H2,1H3/p+1. The van der Waals surface area contributed by atoms with Gasteiger partial charge in [0.1, 0.15) is 0 Å². The molecule has 0 spiro atoms. The van der Waals surface area contributed by atoms with Crippen molar-refractivity contribution in [3.05, 3.63) is 0 Å². The molecule has 0 atom stereocenters. The maximum absolute atomic E-state index is 5.17. The Hall–Kier alpha value is -1.06. The zero-order chi connectivity index (χ0) is 5.98. The highest BCUT2D eigenvalue weighted by atomic mass is 15.3. The van der Waals surface area contributed by atoms with Crippen molar-refractivity contribution in [3.63, 3.8) is 0 Å². The minimum Gasteiger partial charge on any atom is -0.283 e. The van der Waals surface area contributed by atoms with Gasteiger partial charge in [-0.05, 0) is 10.1 Å². The zero-order valence-corrected chi connectivity index (χ0v) is 4.63. The second-order valence-corrected chi connectivity index (χ2v) is 1.44. The lowest BCUT2D eigenvalue weighted by atomic mass is 10.5. The predicted molar refractivity (Wildman–Crippen MR) is 29.5 cm³/mol. The van der Waals surface area contributed by atoms with Crippen molar-refractivity contribution in [3.8, 4) is 0 Å². The number of hydrogen-bond donors (Lipinski definition) is 1. The summed E-state index contributed by atoms with van der Waals surface area (Å²) in [5.41, 5.74) is 0. The maximum Gasteiger partial charge on any atom is 0.448 e. The van der Waals surface area contributed by atoms with Gasteiger partial charge in [-0.25, -0.2) is 0 Å². The van der Waals surface area contributed by atoms with E-state index in [-0.39, 0.29) is 5.96 Å².